The third-order valence-corrected chi connectivity index (χ3v) is 3.84. The van der Waals surface area contributed by atoms with E-state index >= 15 is 0 Å². The van der Waals surface area contributed by atoms with E-state index in [-0.39, 0.29) is 0 Å². The van der Waals surface area contributed by atoms with Crippen LogP contribution >= 0.6 is 0 Å². The van der Waals surface area contributed by atoms with Crippen LogP contribution < -0.4 is 4.74 Å². The first-order chi connectivity index (χ1) is 9.20. The summed E-state index contributed by atoms with van der Waals surface area (Å²) in [5.41, 5.74) is 0.998. The average molecular weight is 263 g/mol. The van der Waals surface area contributed by atoms with E-state index in [4.69, 9.17) is 4.74 Å². The lowest BCUT2D eigenvalue weighted by Gasteiger charge is -2.33. The zero-order valence-electron chi connectivity index (χ0n) is 12.1. The van der Waals surface area contributed by atoms with Crippen LogP contribution in [0.1, 0.15) is 45.1 Å². The Morgan fingerprint density at radius 3 is 2.89 bits per heavy atom. The van der Waals surface area contributed by atoms with Gasteiger partial charge in [-0.1, -0.05) is 19.4 Å². The third-order valence-electron chi connectivity index (χ3n) is 3.84. The third kappa shape index (κ3) is 3.87. The average Bonchev–Trinajstić information content (AvgIpc) is 2.41. The van der Waals surface area contributed by atoms with E-state index in [0.717, 1.165) is 30.8 Å². The van der Waals surface area contributed by atoms with E-state index in [1.54, 1.807) is 6.07 Å². The van der Waals surface area contributed by atoms with E-state index in [1.165, 1.54) is 19.3 Å². The summed E-state index contributed by atoms with van der Waals surface area (Å²) in [6, 6.07) is 6.30. The number of hydrogen-bond acceptors (Lipinski definition) is 3. The van der Waals surface area contributed by atoms with Crippen LogP contribution in [0.2, 0.25) is 0 Å². The monoisotopic (exact) mass is 263 g/mol. The molecule has 1 N–H and O–H groups in total. The van der Waals surface area contributed by atoms with Gasteiger partial charge in [-0.2, -0.15) is 0 Å². The van der Waals surface area contributed by atoms with Crippen molar-refractivity contribution in [1.82, 2.24) is 4.90 Å². The van der Waals surface area contributed by atoms with Crippen molar-refractivity contribution in [3.63, 3.8) is 0 Å². The predicted molar refractivity (Wildman–Crippen MR) is 77.6 cm³/mol. The number of piperidine rings is 1. The lowest BCUT2D eigenvalue weighted by atomic mass is 10.0. The van der Waals surface area contributed by atoms with E-state index in [9.17, 15) is 5.11 Å². The number of benzene rings is 1. The quantitative estimate of drug-likeness (QED) is 0.881. The molecular formula is C16H25NO2. The van der Waals surface area contributed by atoms with Crippen molar-refractivity contribution in [2.75, 3.05) is 13.2 Å². The van der Waals surface area contributed by atoms with Crippen LogP contribution in [-0.2, 0) is 6.54 Å². The highest BCUT2D eigenvalue weighted by atomic mass is 16.5. The smallest absolute Gasteiger partial charge is 0.123 e. The van der Waals surface area contributed by atoms with Crippen LogP contribution in [0.15, 0.2) is 18.2 Å². The van der Waals surface area contributed by atoms with Gasteiger partial charge in [-0.3, -0.25) is 4.90 Å². The van der Waals surface area contributed by atoms with Crippen molar-refractivity contribution in [3.05, 3.63) is 23.8 Å². The zero-order chi connectivity index (χ0) is 13.7. The largest absolute Gasteiger partial charge is 0.507 e. The fraction of sp³-hybridized carbons (Fsp3) is 0.625. The van der Waals surface area contributed by atoms with E-state index < -0.39 is 0 Å². The molecule has 0 amide bonds. The topological polar surface area (TPSA) is 32.7 Å². The normalized spacial score (nSPS) is 20.4. The Morgan fingerprint density at radius 1 is 1.37 bits per heavy atom. The van der Waals surface area contributed by atoms with Crippen LogP contribution in [-0.4, -0.2) is 29.2 Å². The molecule has 0 saturated carbocycles. The lowest BCUT2D eigenvalue weighted by molar-refractivity contribution is 0.151. The summed E-state index contributed by atoms with van der Waals surface area (Å²) in [4.78, 5) is 2.45. The van der Waals surface area contributed by atoms with Gasteiger partial charge in [0, 0.05) is 24.2 Å². The fourth-order valence-corrected chi connectivity index (χ4v) is 2.60. The number of nitrogens with zero attached hydrogens (tertiary/aromatic N) is 1. The highest BCUT2D eigenvalue weighted by Gasteiger charge is 2.19. The SMILES string of the molecule is CCCOc1ccc(CN2CCCCC2C)c(O)c1. The molecule has 0 bridgehead atoms. The molecular weight excluding hydrogens is 238 g/mol. The maximum absolute atomic E-state index is 10.1. The van der Waals surface area contributed by atoms with Gasteiger partial charge in [-0.05, 0) is 38.8 Å². The molecule has 106 valence electrons. The zero-order valence-corrected chi connectivity index (χ0v) is 12.1. The van der Waals surface area contributed by atoms with Gasteiger partial charge in [0.15, 0.2) is 0 Å². The van der Waals surface area contributed by atoms with Gasteiger partial charge in [0.25, 0.3) is 0 Å². The van der Waals surface area contributed by atoms with Gasteiger partial charge in [0.05, 0.1) is 6.61 Å². The molecule has 1 saturated heterocycles. The summed E-state index contributed by atoms with van der Waals surface area (Å²) < 4.78 is 5.53. The van der Waals surface area contributed by atoms with E-state index in [2.05, 4.69) is 18.7 Å². The minimum Gasteiger partial charge on any atom is -0.507 e. The first-order valence-corrected chi connectivity index (χ1v) is 7.39. The molecule has 1 aromatic carbocycles. The van der Waals surface area contributed by atoms with Gasteiger partial charge in [-0.25, -0.2) is 0 Å². The van der Waals surface area contributed by atoms with Gasteiger partial charge in [0.1, 0.15) is 11.5 Å². The first-order valence-electron chi connectivity index (χ1n) is 7.39. The Kier molecular flexibility index (Phi) is 5.08. The van der Waals surface area contributed by atoms with Crippen LogP contribution in [0.5, 0.6) is 11.5 Å². The Morgan fingerprint density at radius 2 is 2.21 bits per heavy atom. The Balaban J connectivity index is 2.00. The van der Waals surface area contributed by atoms with Crippen molar-refractivity contribution >= 4 is 0 Å². The number of aromatic hydroxyl groups is 1. The lowest BCUT2D eigenvalue weighted by Crippen LogP contribution is -2.36. The van der Waals surface area contributed by atoms with Crippen molar-refractivity contribution in [2.24, 2.45) is 0 Å². The van der Waals surface area contributed by atoms with Crippen molar-refractivity contribution in [2.45, 2.75) is 52.1 Å². The Labute approximate surface area is 116 Å². The summed E-state index contributed by atoms with van der Waals surface area (Å²) in [6.07, 6.45) is 4.84. The summed E-state index contributed by atoms with van der Waals surface area (Å²) in [6.45, 7) is 7.01. The molecule has 1 aliphatic rings. The minimum absolute atomic E-state index is 0.353. The Bertz CT molecular complexity index is 406. The molecule has 0 aliphatic carbocycles. The standard InChI is InChI=1S/C16H25NO2/c1-3-10-19-15-8-7-14(16(18)11-15)12-17-9-5-4-6-13(17)2/h7-8,11,13,18H,3-6,9-10,12H2,1-2H3. The van der Waals surface area contributed by atoms with Gasteiger partial charge < -0.3 is 9.84 Å². The fourth-order valence-electron chi connectivity index (χ4n) is 2.60. The molecule has 0 radical (unpaired) electrons. The number of ether oxygens (including phenoxy) is 1. The van der Waals surface area contributed by atoms with Crippen molar-refractivity contribution < 1.29 is 9.84 Å². The molecule has 3 heteroatoms. The Hall–Kier alpha value is -1.22. The highest BCUT2D eigenvalue weighted by molar-refractivity contribution is 5.39. The molecule has 1 heterocycles. The van der Waals surface area contributed by atoms with Crippen LogP contribution in [0.4, 0.5) is 0 Å². The molecule has 1 fully saturated rings. The number of hydrogen-bond donors (Lipinski definition) is 1. The molecule has 0 aromatic heterocycles. The van der Waals surface area contributed by atoms with Crippen LogP contribution in [0.3, 0.4) is 0 Å². The molecule has 1 unspecified atom stereocenters. The summed E-state index contributed by atoms with van der Waals surface area (Å²) in [5.74, 6) is 1.11. The number of rotatable bonds is 5. The number of phenolic OH excluding ortho intramolecular Hbond substituents is 1. The molecule has 1 atom stereocenters. The van der Waals surface area contributed by atoms with Crippen LogP contribution in [0, 0.1) is 0 Å². The van der Waals surface area contributed by atoms with Gasteiger partial charge >= 0.3 is 0 Å². The minimum atomic E-state index is 0.353. The second-order valence-electron chi connectivity index (χ2n) is 5.45. The second kappa shape index (κ2) is 6.80. The van der Waals surface area contributed by atoms with E-state index in [0.29, 0.717) is 18.4 Å². The maximum Gasteiger partial charge on any atom is 0.123 e. The van der Waals surface area contributed by atoms with Gasteiger partial charge in [0.2, 0.25) is 0 Å². The molecule has 0 spiro atoms. The molecule has 2 rings (SSSR count). The molecule has 1 aliphatic heterocycles. The van der Waals surface area contributed by atoms with E-state index in [1.807, 2.05) is 12.1 Å². The summed E-state index contributed by atoms with van der Waals surface area (Å²) in [7, 11) is 0. The number of likely N-dealkylation sites (tertiary alicyclic amines) is 1. The summed E-state index contributed by atoms with van der Waals surface area (Å²) >= 11 is 0. The summed E-state index contributed by atoms with van der Waals surface area (Å²) in [5, 5.41) is 10.1. The maximum atomic E-state index is 10.1. The molecule has 1 aromatic rings. The van der Waals surface area contributed by atoms with Crippen LogP contribution in [0.25, 0.3) is 0 Å². The molecule has 19 heavy (non-hydrogen) atoms. The first kappa shape index (κ1) is 14.2. The molecule has 3 nitrogen and oxygen atoms in total. The second-order valence-corrected chi connectivity index (χ2v) is 5.45. The predicted octanol–water partition coefficient (Wildman–Crippen LogP) is 3.56. The van der Waals surface area contributed by atoms with Gasteiger partial charge in [-0.15, -0.1) is 0 Å². The van der Waals surface area contributed by atoms with Crippen molar-refractivity contribution in [3.8, 4) is 11.5 Å². The van der Waals surface area contributed by atoms with Crippen molar-refractivity contribution in [1.29, 1.82) is 0 Å². The highest BCUT2D eigenvalue weighted by Crippen LogP contribution is 2.27. The number of phenols is 1.